The lowest BCUT2D eigenvalue weighted by atomic mass is 9.98. The molecule has 4 rings (SSSR count). The quantitative estimate of drug-likeness (QED) is 0.214. The number of rotatable bonds is 13. The fraction of sp³-hybridized carbons (Fsp3) is 0.212. The van der Waals surface area contributed by atoms with E-state index in [4.69, 9.17) is 20.9 Å². The molecule has 228 valence electrons. The number of methoxy groups -OCH3 is 2. The van der Waals surface area contributed by atoms with Crippen molar-refractivity contribution in [2.75, 3.05) is 45.3 Å². The third-order valence-electron chi connectivity index (χ3n) is 7.05. The van der Waals surface area contributed by atoms with Crippen LogP contribution >= 0.6 is 0 Å². The van der Waals surface area contributed by atoms with Crippen LogP contribution in [0.4, 0.5) is 5.69 Å². The van der Waals surface area contributed by atoms with E-state index in [1.54, 1.807) is 50.6 Å². The number of carbonyl (C=O) groups excluding carboxylic acids is 4. The van der Waals surface area contributed by atoms with Gasteiger partial charge in [0.15, 0.2) is 0 Å². The van der Waals surface area contributed by atoms with E-state index in [-0.39, 0.29) is 6.54 Å². The van der Waals surface area contributed by atoms with Crippen molar-refractivity contribution in [2.45, 2.75) is 6.04 Å². The van der Waals surface area contributed by atoms with Crippen LogP contribution in [0.15, 0.2) is 91.0 Å². The molecule has 0 bridgehead atoms. The molecule has 0 aliphatic rings. The molecule has 0 saturated heterocycles. The summed E-state index contributed by atoms with van der Waals surface area (Å²) >= 11 is 0. The van der Waals surface area contributed by atoms with Crippen molar-refractivity contribution in [3.8, 4) is 11.5 Å². The summed E-state index contributed by atoms with van der Waals surface area (Å²) in [5, 5.41) is 4.78. The van der Waals surface area contributed by atoms with Crippen LogP contribution < -0.4 is 31.2 Å². The first-order valence-corrected chi connectivity index (χ1v) is 13.8. The summed E-state index contributed by atoms with van der Waals surface area (Å²) < 4.78 is 10.5. The van der Waals surface area contributed by atoms with Gasteiger partial charge in [0.2, 0.25) is 23.6 Å². The lowest BCUT2D eigenvalue weighted by Gasteiger charge is -2.28. The first kappa shape index (κ1) is 31.5. The third-order valence-corrected chi connectivity index (χ3v) is 7.05. The summed E-state index contributed by atoms with van der Waals surface area (Å²) in [5.74, 6) is -1.21. The van der Waals surface area contributed by atoms with Crippen molar-refractivity contribution in [1.82, 2.24) is 10.2 Å². The van der Waals surface area contributed by atoms with Gasteiger partial charge < -0.3 is 36.1 Å². The smallest absolute Gasteiger partial charge is 0.243 e. The van der Waals surface area contributed by atoms with Gasteiger partial charge in [-0.3, -0.25) is 19.2 Å². The van der Waals surface area contributed by atoms with Crippen LogP contribution in [0.2, 0.25) is 0 Å². The molecule has 0 aromatic heterocycles. The normalized spacial score (nSPS) is 10.7. The number of ether oxygens (including phenoxy) is 2. The number of fused-ring (bicyclic) bond motifs is 1. The zero-order valence-corrected chi connectivity index (χ0v) is 24.6. The van der Waals surface area contributed by atoms with E-state index in [1.165, 1.54) is 4.90 Å². The molecule has 5 N–H and O–H groups in total. The zero-order chi connectivity index (χ0) is 31.6. The largest absolute Gasteiger partial charge is 0.497 e. The molecule has 4 amide bonds. The lowest BCUT2D eigenvalue weighted by molar-refractivity contribution is -0.138. The highest BCUT2D eigenvalue weighted by molar-refractivity contribution is 6.02. The van der Waals surface area contributed by atoms with Crippen molar-refractivity contribution in [1.29, 1.82) is 0 Å². The van der Waals surface area contributed by atoms with E-state index in [0.29, 0.717) is 17.2 Å². The molecule has 0 heterocycles. The van der Waals surface area contributed by atoms with Crippen LogP contribution in [0.5, 0.6) is 11.5 Å². The van der Waals surface area contributed by atoms with Crippen molar-refractivity contribution in [3.05, 3.63) is 102 Å². The Morgan fingerprint density at radius 2 is 1.30 bits per heavy atom. The Morgan fingerprint density at radius 1 is 0.727 bits per heavy atom. The first-order valence-electron chi connectivity index (χ1n) is 13.8. The summed E-state index contributed by atoms with van der Waals surface area (Å²) in [4.78, 5) is 54.0. The fourth-order valence-corrected chi connectivity index (χ4v) is 4.77. The molecule has 44 heavy (non-hydrogen) atoms. The third kappa shape index (κ3) is 7.90. The van der Waals surface area contributed by atoms with Gasteiger partial charge in [-0.05, 0) is 58.3 Å². The highest BCUT2D eigenvalue weighted by Crippen LogP contribution is 2.26. The summed E-state index contributed by atoms with van der Waals surface area (Å²) in [6.07, 6.45) is 0. The topological polar surface area (TPSA) is 157 Å². The van der Waals surface area contributed by atoms with Gasteiger partial charge in [0.25, 0.3) is 0 Å². The number of amides is 4. The predicted molar refractivity (Wildman–Crippen MR) is 167 cm³/mol. The molecule has 0 radical (unpaired) electrons. The Hall–Kier alpha value is -5.42. The van der Waals surface area contributed by atoms with Gasteiger partial charge in [-0.25, -0.2) is 0 Å². The molecule has 0 fully saturated rings. The van der Waals surface area contributed by atoms with E-state index >= 15 is 0 Å². The number of hydrogen-bond donors (Lipinski definition) is 3. The minimum absolute atomic E-state index is 0.345. The SMILES string of the molecule is COc1ccc(C(NC(=O)CN(CC(N)=O)C(=O)CN(C(=O)CN)c2ccc3ccccc3c2)c2ccc(OC)cc2)cc1. The van der Waals surface area contributed by atoms with Crippen molar-refractivity contribution < 1.29 is 28.7 Å². The van der Waals surface area contributed by atoms with Gasteiger partial charge in [0.1, 0.15) is 24.6 Å². The highest BCUT2D eigenvalue weighted by Gasteiger charge is 2.26. The highest BCUT2D eigenvalue weighted by atomic mass is 16.5. The Balaban J connectivity index is 1.57. The summed E-state index contributed by atoms with van der Waals surface area (Å²) in [5.41, 5.74) is 13.1. The van der Waals surface area contributed by atoms with Crippen LogP contribution in [0, 0.1) is 0 Å². The molecular weight excluding hydrogens is 562 g/mol. The van der Waals surface area contributed by atoms with E-state index in [1.807, 2.05) is 54.6 Å². The van der Waals surface area contributed by atoms with Crippen molar-refractivity contribution >= 4 is 40.1 Å². The number of anilines is 1. The average Bonchev–Trinajstić information content (AvgIpc) is 3.05. The molecule has 0 aliphatic heterocycles. The summed E-state index contributed by atoms with van der Waals surface area (Å²) in [7, 11) is 3.12. The van der Waals surface area contributed by atoms with Crippen LogP contribution in [0.3, 0.4) is 0 Å². The number of nitrogens with zero attached hydrogens (tertiary/aromatic N) is 2. The number of nitrogens with two attached hydrogens (primary N) is 2. The van der Waals surface area contributed by atoms with Gasteiger partial charge >= 0.3 is 0 Å². The van der Waals surface area contributed by atoms with E-state index < -0.39 is 49.3 Å². The number of benzene rings is 4. The first-order chi connectivity index (χ1) is 21.2. The number of hydrogen-bond acceptors (Lipinski definition) is 7. The van der Waals surface area contributed by atoms with Gasteiger partial charge in [0.05, 0.1) is 33.4 Å². The molecule has 4 aromatic rings. The number of primary amides is 1. The van der Waals surface area contributed by atoms with Gasteiger partial charge in [-0.2, -0.15) is 0 Å². The minimum Gasteiger partial charge on any atom is -0.497 e. The van der Waals surface area contributed by atoms with Gasteiger partial charge in [-0.15, -0.1) is 0 Å². The minimum atomic E-state index is -0.810. The molecule has 0 aliphatic carbocycles. The average molecular weight is 598 g/mol. The molecule has 0 saturated carbocycles. The van der Waals surface area contributed by atoms with E-state index in [0.717, 1.165) is 26.8 Å². The number of nitrogens with one attached hydrogen (secondary N) is 1. The number of carbonyl (C=O) groups is 4. The van der Waals surface area contributed by atoms with Crippen LogP contribution in [0.25, 0.3) is 10.8 Å². The molecule has 11 heteroatoms. The molecule has 0 atom stereocenters. The maximum absolute atomic E-state index is 13.5. The second-order valence-corrected chi connectivity index (χ2v) is 9.98. The second kappa shape index (κ2) is 14.7. The maximum atomic E-state index is 13.5. The Labute approximate surface area is 255 Å². The van der Waals surface area contributed by atoms with Crippen LogP contribution in [-0.4, -0.2) is 68.9 Å². The molecular formula is C33H35N5O6. The van der Waals surface area contributed by atoms with Crippen molar-refractivity contribution in [3.63, 3.8) is 0 Å². The van der Waals surface area contributed by atoms with Gasteiger partial charge in [0, 0.05) is 5.69 Å². The summed E-state index contributed by atoms with van der Waals surface area (Å²) in [6, 6.07) is 26.7. The second-order valence-electron chi connectivity index (χ2n) is 9.98. The van der Waals surface area contributed by atoms with Crippen LogP contribution in [0.1, 0.15) is 17.2 Å². The van der Waals surface area contributed by atoms with Crippen LogP contribution in [-0.2, 0) is 19.2 Å². The maximum Gasteiger partial charge on any atom is 0.243 e. The summed E-state index contributed by atoms with van der Waals surface area (Å²) in [6.45, 7) is -1.80. The monoisotopic (exact) mass is 597 g/mol. The molecule has 4 aromatic carbocycles. The lowest BCUT2D eigenvalue weighted by Crippen LogP contribution is -2.50. The zero-order valence-electron chi connectivity index (χ0n) is 24.6. The Bertz CT molecular complexity index is 1580. The molecule has 0 unspecified atom stereocenters. The van der Waals surface area contributed by atoms with Gasteiger partial charge in [-0.1, -0.05) is 54.6 Å². The standard InChI is InChI=1S/C33H35N5O6/c1-43-27-13-8-23(9-14-27)33(24-10-15-28(44-2)16-11-24)36-30(40)20-37(19-29(35)39)32(42)21-38(31(41)18-34)26-12-7-22-5-3-4-6-25(22)17-26/h3-17,33H,18-21,34H2,1-2H3,(H2,35,39)(H,36,40). The Morgan fingerprint density at radius 3 is 1.82 bits per heavy atom. The predicted octanol–water partition coefficient (Wildman–Crippen LogP) is 2.37. The molecule has 11 nitrogen and oxygen atoms in total. The fourth-order valence-electron chi connectivity index (χ4n) is 4.77. The van der Waals surface area contributed by atoms with E-state index in [2.05, 4.69) is 5.32 Å². The molecule has 0 spiro atoms. The Kier molecular flexibility index (Phi) is 10.5. The van der Waals surface area contributed by atoms with E-state index in [9.17, 15) is 19.2 Å². The van der Waals surface area contributed by atoms with Crippen molar-refractivity contribution in [2.24, 2.45) is 11.5 Å².